The van der Waals surface area contributed by atoms with Gasteiger partial charge in [0.25, 0.3) is 5.56 Å². The van der Waals surface area contributed by atoms with E-state index in [0.717, 1.165) is 30.5 Å². The van der Waals surface area contributed by atoms with Crippen LogP contribution in [0.3, 0.4) is 0 Å². The fraction of sp³-hybridized carbons (Fsp3) is 0.688. The lowest BCUT2D eigenvalue weighted by molar-refractivity contribution is 0.588. The molecule has 0 radical (unpaired) electrons. The number of pyridine rings is 1. The standard InChI is InChI=1S/C16H26N2O/c1-11(2)9-15-13-8-6-4-3-5-7-12(13)14(10-17)16(19)18-15/h11H,3-10,17H2,1-2H3,(H,18,19). The number of aromatic amines is 1. The van der Waals surface area contributed by atoms with E-state index in [2.05, 4.69) is 18.8 Å². The fourth-order valence-corrected chi connectivity index (χ4v) is 3.15. The highest BCUT2D eigenvalue weighted by atomic mass is 16.1. The van der Waals surface area contributed by atoms with E-state index < -0.39 is 0 Å². The Morgan fingerprint density at radius 1 is 1.11 bits per heavy atom. The van der Waals surface area contributed by atoms with Crippen molar-refractivity contribution in [3.05, 3.63) is 32.7 Å². The van der Waals surface area contributed by atoms with Crippen molar-refractivity contribution in [2.24, 2.45) is 11.7 Å². The van der Waals surface area contributed by atoms with Crippen molar-refractivity contribution in [1.29, 1.82) is 0 Å². The van der Waals surface area contributed by atoms with Gasteiger partial charge in [-0.2, -0.15) is 0 Å². The number of rotatable bonds is 3. The first-order chi connectivity index (χ1) is 9.13. The molecule has 1 aliphatic rings. The van der Waals surface area contributed by atoms with Gasteiger partial charge in [-0.25, -0.2) is 0 Å². The molecule has 0 bridgehead atoms. The summed E-state index contributed by atoms with van der Waals surface area (Å²) in [6.45, 7) is 4.76. The molecule has 0 aliphatic heterocycles. The Morgan fingerprint density at radius 3 is 2.32 bits per heavy atom. The van der Waals surface area contributed by atoms with Crippen LogP contribution in [0.15, 0.2) is 4.79 Å². The summed E-state index contributed by atoms with van der Waals surface area (Å²) in [4.78, 5) is 15.3. The Bertz CT molecular complexity index is 488. The number of nitrogens with two attached hydrogens (primary N) is 1. The second kappa shape index (κ2) is 6.38. The van der Waals surface area contributed by atoms with E-state index in [-0.39, 0.29) is 5.56 Å². The fourth-order valence-electron chi connectivity index (χ4n) is 3.15. The third kappa shape index (κ3) is 3.27. The maximum absolute atomic E-state index is 12.2. The molecule has 3 heteroatoms. The number of nitrogens with one attached hydrogen (secondary N) is 1. The highest BCUT2D eigenvalue weighted by molar-refractivity contribution is 5.37. The third-order valence-corrected chi connectivity index (χ3v) is 4.05. The molecule has 106 valence electrons. The highest BCUT2D eigenvalue weighted by Gasteiger charge is 2.18. The number of aromatic nitrogens is 1. The van der Waals surface area contributed by atoms with Crippen LogP contribution in [0, 0.1) is 5.92 Å². The van der Waals surface area contributed by atoms with Gasteiger partial charge in [0.05, 0.1) is 0 Å². The Kier molecular flexibility index (Phi) is 4.81. The summed E-state index contributed by atoms with van der Waals surface area (Å²) in [6, 6.07) is 0. The van der Waals surface area contributed by atoms with E-state index in [1.165, 1.54) is 36.8 Å². The van der Waals surface area contributed by atoms with Crippen LogP contribution in [-0.4, -0.2) is 4.98 Å². The van der Waals surface area contributed by atoms with Gasteiger partial charge in [-0.15, -0.1) is 0 Å². The number of H-pyrrole nitrogens is 1. The predicted molar refractivity (Wildman–Crippen MR) is 79.4 cm³/mol. The van der Waals surface area contributed by atoms with Gasteiger partial charge in [0.2, 0.25) is 0 Å². The molecule has 0 saturated heterocycles. The second-order valence-corrected chi connectivity index (χ2v) is 6.08. The molecule has 0 unspecified atom stereocenters. The molecule has 2 rings (SSSR count). The van der Waals surface area contributed by atoms with E-state index in [9.17, 15) is 4.79 Å². The topological polar surface area (TPSA) is 58.9 Å². The smallest absolute Gasteiger partial charge is 0.252 e. The molecular formula is C16H26N2O. The van der Waals surface area contributed by atoms with Crippen molar-refractivity contribution >= 4 is 0 Å². The van der Waals surface area contributed by atoms with Gasteiger partial charge >= 0.3 is 0 Å². The average molecular weight is 262 g/mol. The largest absolute Gasteiger partial charge is 0.326 e. The maximum atomic E-state index is 12.2. The lowest BCUT2D eigenvalue weighted by Crippen LogP contribution is -2.24. The molecule has 0 saturated carbocycles. The molecule has 1 aromatic heterocycles. The van der Waals surface area contributed by atoms with Crippen LogP contribution in [0.4, 0.5) is 0 Å². The summed E-state index contributed by atoms with van der Waals surface area (Å²) >= 11 is 0. The first-order valence-electron chi connectivity index (χ1n) is 7.59. The average Bonchev–Trinajstić information content (AvgIpc) is 2.30. The van der Waals surface area contributed by atoms with Crippen molar-refractivity contribution in [3.8, 4) is 0 Å². The van der Waals surface area contributed by atoms with Gasteiger partial charge in [-0.05, 0) is 49.1 Å². The minimum absolute atomic E-state index is 0.0393. The zero-order valence-electron chi connectivity index (χ0n) is 12.2. The molecular weight excluding hydrogens is 236 g/mol. The predicted octanol–water partition coefficient (Wildman–Crippen LogP) is 2.69. The monoisotopic (exact) mass is 262 g/mol. The van der Waals surface area contributed by atoms with Crippen LogP contribution in [0.25, 0.3) is 0 Å². The SMILES string of the molecule is CC(C)Cc1[nH]c(=O)c(CN)c2c1CCCCCC2. The molecule has 0 fully saturated rings. The quantitative estimate of drug-likeness (QED) is 0.880. The molecule has 0 atom stereocenters. The summed E-state index contributed by atoms with van der Waals surface area (Å²) in [6.07, 6.45) is 8.08. The third-order valence-electron chi connectivity index (χ3n) is 4.05. The second-order valence-electron chi connectivity index (χ2n) is 6.08. The molecule has 0 spiro atoms. The van der Waals surface area contributed by atoms with Crippen molar-refractivity contribution < 1.29 is 0 Å². The van der Waals surface area contributed by atoms with Gasteiger partial charge in [0, 0.05) is 17.8 Å². The summed E-state index contributed by atoms with van der Waals surface area (Å²) in [5, 5.41) is 0. The molecule has 0 aromatic carbocycles. The van der Waals surface area contributed by atoms with Crippen LogP contribution in [0.1, 0.15) is 61.9 Å². The molecule has 1 aliphatic carbocycles. The summed E-state index contributed by atoms with van der Waals surface area (Å²) in [5.41, 5.74) is 10.5. The lowest BCUT2D eigenvalue weighted by atomic mass is 9.87. The van der Waals surface area contributed by atoms with E-state index in [4.69, 9.17) is 5.73 Å². The zero-order chi connectivity index (χ0) is 13.8. The van der Waals surface area contributed by atoms with Crippen LogP contribution < -0.4 is 11.3 Å². The minimum atomic E-state index is 0.0393. The van der Waals surface area contributed by atoms with Gasteiger partial charge in [0.1, 0.15) is 0 Å². The molecule has 1 aromatic rings. The van der Waals surface area contributed by atoms with E-state index in [1.54, 1.807) is 0 Å². The molecule has 0 amide bonds. The molecule has 3 N–H and O–H groups in total. The summed E-state index contributed by atoms with van der Waals surface area (Å²) in [7, 11) is 0. The Labute approximate surface area is 115 Å². The molecule has 19 heavy (non-hydrogen) atoms. The zero-order valence-corrected chi connectivity index (χ0v) is 12.2. The minimum Gasteiger partial charge on any atom is -0.326 e. The number of fused-ring (bicyclic) bond motifs is 1. The van der Waals surface area contributed by atoms with E-state index in [1.807, 2.05) is 0 Å². The van der Waals surface area contributed by atoms with Crippen molar-refractivity contribution in [3.63, 3.8) is 0 Å². The van der Waals surface area contributed by atoms with Crippen molar-refractivity contribution in [1.82, 2.24) is 4.98 Å². The lowest BCUT2D eigenvalue weighted by Gasteiger charge is -2.21. The molecule has 1 heterocycles. The van der Waals surface area contributed by atoms with Crippen LogP contribution >= 0.6 is 0 Å². The molecule has 3 nitrogen and oxygen atoms in total. The highest BCUT2D eigenvalue weighted by Crippen LogP contribution is 2.25. The van der Waals surface area contributed by atoms with Gasteiger partial charge < -0.3 is 10.7 Å². The number of hydrogen-bond donors (Lipinski definition) is 2. The van der Waals surface area contributed by atoms with E-state index in [0.29, 0.717) is 12.5 Å². The summed E-state index contributed by atoms with van der Waals surface area (Å²) < 4.78 is 0. The van der Waals surface area contributed by atoms with E-state index >= 15 is 0 Å². The van der Waals surface area contributed by atoms with Gasteiger partial charge in [-0.1, -0.05) is 26.7 Å². The normalized spacial score (nSPS) is 16.0. The Morgan fingerprint density at radius 2 is 1.74 bits per heavy atom. The first kappa shape index (κ1) is 14.3. The van der Waals surface area contributed by atoms with Crippen molar-refractivity contribution in [2.45, 2.75) is 65.3 Å². The van der Waals surface area contributed by atoms with Crippen LogP contribution in [0.5, 0.6) is 0 Å². The Balaban J connectivity index is 2.53. The van der Waals surface area contributed by atoms with Crippen LogP contribution in [0.2, 0.25) is 0 Å². The van der Waals surface area contributed by atoms with Crippen molar-refractivity contribution in [2.75, 3.05) is 0 Å². The number of hydrogen-bond acceptors (Lipinski definition) is 2. The maximum Gasteiger partial charge on any atom is 0.252 e. The van der Waals surface area contributed by atoms with Gasteiger partial charge in [-0.3, -0.25) is 4.79 Å². The Hall–Kier alpha value is -1.09. The van der Waals surface area contributed by atoms with Crippen LogP contribution in [-0.2, 0) is 25.8 Å². The summed E-state index contributed by atoms with van der Waals surface area (Å²) in [5.74, 6) is 0.564. The van der Waals surface area contributed by atoms with Gasteiger partial charge in [0.15, 0.2) is 0 Å². The first-order valence-corrected chi connectivity index (χ1v) is 7.59.